The molecular formula is C14H22ClN3O4S. The topological polar surface area (TPSA) is 92.6 Å². The van der Waals surface area contributed by atoms with Crippen molar-refractivity contribution in [2.45, 2.75) is 37.6 Å². The largest absolute Gasteiger partial charge is 0.318 e. The Morgan fingerprint density at radius 2 is 1.91 bits per heavy atom. The Kier molecular flexibility index (Phi) is 6.52. The molecule has 0 aromatic heterocycles. The van der Waals surface area contributed by atoms with Gasteiger partial charge >= 0.3 is 0 Å². The molecular weight excluding hydrogens is 342 g/mol. The Morgan fingerprint density at radius 1 is 1.35 bits per heavy atom. The van der Waals surface area contributed by atoms with E-state index in [0.29, 0.717) is 24.2 Å². The summed E-state index contributed by atoms with van der Waals surface area (Å²) in [6.45, 7) is 4.31. The fraction of sp³-hybridized carbons (Fsp3) is 0.571. The molecule has 1 aromatic carbocycles. The van der Waals surface area contributed by atoms with E-state index in [1.807, 2.05) is 0 Å². The molecule has 1 aliphatic rings. The summed E-state index contributed by atoms with van der Waals surface area (Å²) in [5.41, 5.74) is 0.755. The van der Waals surface area contributed by atoms with E-state index >= 15 is 0 Å². The average Bonchev–Trinajstić information content (AvgIpc) is 2.87. The molecule has 1 aliphatic heterocycles. The van der Waals surface area contributed by atoms with Crippen molar-refractivity contribution in [1.29, 1.82) is 0 Å². The maximum Gasteiger partial charge on any atom is 0.270 e. The van der Waals surface area contributed by atoms with Crippen LogP contribution < -0.4 is 5.32 Å². The van der Waals surface area contributed by atoms with Crippen LogP contribution in [0.4, 0.5) is 5.69 Å². The zero-order valence-electron chi connectivity index (χ0n) is 13.4. The fourth-order valence-corrected chi connectivity index (χ4v) is 5.23. The number of likely N-dealkylation sites (N-methyl/N-ethyl adjacent to an activating group) is 1. The fourth-order valence-electron chi connectivity index (χ4n) is 3.12. The SMILES string of the molecule is CNCC1CCCN1S(=O)(=O)c1c(C)cc([N+](=O)[O-])cc1C.Cl. The maximum atomic E-state index is 13.0. The molecule has 0 bridgehead atoms. The number of nitro groups is 1. The van der Waals surface area contributed by atoms with Crippen molar-refractivity contribution in [3.63, 3.8) is 0 Å². The van der Waals surface area contributed by atoms with Crippen LogP contribution in [0.2, 0.25) is 0 Å². The lowest BCUT2D eigenvalue weighted by Gasteiger charge is -2.25. The molecule has 9 heteroatoms. The quantitative estimate of drug-likeness (QED) is 0.638. The third-order valence-electron chi connectivity index (χ3n) is 3.99. The number of nitro benzene ring substituents is 1. The van der Waals surface area contributed by atoms with Crippen LogP contribution in [0.25, 0.3) is 0 Å². The van der Waals surface area contributed by atoms with Gasteiger partial charge in [-0.05, 0) is 44.9 Å². The van der Waals surface area contributed by atoms with Gasteiger partial charge in [-0.2, -0.15) is 4.31 Å². The third-order valence-corrected chi connectivity index (χ3v) is 6.24. The van der Waals surface area contributed by atoms with Gasteiger partial charge in [-0.25, -0.2) is 8.42 Å². The summed E-state index contributed by atoms with van der Waals surface area (Å²) in [5.74, 6) is 0. The van der Waals surface area contributed by atoms with E-state index in [9.17, 15) is 18.5 Å². The molecule has 0 radical (unpaired) electrons. The Labute approximate surface area is 142 Å². The minimum atomic E-state index is -3.64. The van der Waals surface area contributed by atoms with E-state index in [4.69, 9.17) is 0 Å². The van der Waals surface area contributed by atoms with Crippen LogP contribution in [-0.2, 0) is 10.0 Å². The summed E-state index contributed by atoms with van der Waals surface area (Å²) in [5, 5.41) is 13.9. The predicted molar refractivity (Wildman–Crippen MR) is 90.7 cm³/mol. The summed E-state index contributed by atoms with van der Waals surface area (Å²) in [6.07, 6.45) is 1.65. The van der Waals surface area contributed by atoms with Crippen LogP contribution in [0.15, 0.2) is 17.0 Å². The second kappa shape index (κ2) is 7.57. The molecule has 1 heterocycles. The first-order valence-corrected chi connectivity index (χ1v) is 8.65. The molecule has 7 nitrogen and oxygen atoms in total. The van der Waals surface area contributed by atoms with Crippen molar-refractivity contribution in [2.24, 2.45) is 0 Å². The van der Waals surface area contributed by atoms with Gasteiger partial charge in [-0.1, -0.05) is 0 Å². The standard InChI is InChI=1S/C14H21N3O4S.ClH/c1-10-7-13(17(18)19)8-11(2)14(10)22(20,21)16-6-4-5-12(16)9-15-3;/h7-8,12,15H,4-6,9H2,1-3H3;1H. The lowest BCUT2D eigenvalue weighted by atomic mass is 10.1. The summed E-state index contributed by atoms with van der Waals surface area (Å²) >= 11 is 0. The molecule has 1 atom stereocenters. The van der Waals surface area contributed by atoms with Crippen molar-refractivity contribution >= 4 is 28.1 Å². The Balaban J connectivity index is 0.00000264. The highest BCUT2D eigenvalue weighted by Crippen LogP contribution is 2.31. The molecule has 0 aliphatic carbocycles. The normalized spacial score (nSPS) is 18.7. The van der Waals surface area contributed by atoms with Gasteiger partial charge in [0.2, 0.25) is 10.0 Å². The van der Waals surface area contributed by atoms with E-state index < -0.39 is 14.9 Å². The number of halogens is 1. The number of benzene rings is 1. The van der Waals surface area contributed by atoms with Crippen molar-refractivity contribution in [3.05, 3.63) is 33.4 Å². The number of nitrogens with zero attached hydrogens (tertiary/aromatic N) is 2. The zero-order valence-corrected chi connectivity index (χ0v) is 15.0. The van der Waals surface area contributed by atoms with Crippen LogP contribution >= 0.6 is 12.4 Å². The zero-order chi connectivity index (χ0) is 16.5. The van der Waals surface area contributed by atoms with Crippen LogP contribution in [0.5, 0.6) is 0 Å². The minimum absolute atomic E-state index is 0. The van der Waals surface area contributed by atoms with Crippen molar-refractivity contribution in [1.82, 2.24) is 9.62 Å². The molecule has 0 saturated carbocycles. The van der Waals surface area contributed by atoms with Crippen molar-refractivity contribution in [2.75, 3.05) is 20.1 Å². The van der Waals surface area contributed by atoms with Gasteiger partial charge in [0.05, 0.1) is 9.82 Å². The van der Waals surface area contributed by atoms with E-state index in [-0.39, 0.29) is 29.0 Å². The van der Waals surface area contributed by atoms with Gasteiger partial charge < -0.3 is 5.32 Å². The summed E-state index contributed by atoms with van der Waals surface area (Å²) < 4.78 is 27.5. The van der Waals surface area contributed by atoms with Crippen LogP contribution in [0, 0.1) is 24.0 Å². The van der Waals surface area contributed by atoms with Gasteiger partial charge in [0.15, 0.2) is 0 Å². The highest BCUT2D eigenvalue weighted by molar-refractivity contribution is 7.89. The number of aryl methyl sites for hydroxylation is 2. The average molecular weight is 364 g/mol. The number of hydrogen-bond donors (Lipinski definition) is 1. The molecule has 23 heavy (non-hydrogen) atoms. The molecule has 0 spiro atoms. The van der Waals surface area contributed by atoms with Crippen LogP contribution in [0.3, 0.4) is 0 Å². The minimum Gasteiger partial charge on any atom is -0.318 e. The Bertz CT molecular complexity index is 670. The second-order valence-electron chi connectivity index (χ2n) is 5.64. The number of nitrogens with one attached hydrogen (secondary N) is 1. The van der Waals surface area contributed by atoms with Gasteiger partial charge in [-0.15, -0.1) is 12.4 Å². The van der Waals surface area contributed by atoms with Crippen LogP contribution in [0.1, 0.15) is 24.0 Å². The highest BCUT2D eigenvalue weighted by atomic mass is 35.5. The summed E-state index contributed by atoms with van der Waals surface area (Å²) in [4.78, 5) is 10.6. The molecule has 1 fully saturated rings. The summed E-state index contributed by atoms with van der Waals surface area (Å²) in [6, 6.07) is 2.58. The van der Waals surface area contributed by atoms with Crippen LogP contribution in [-0.4, -0.2) is 43.8 Å². The van der Waals surface area contributed by atoms with Gasteiger partial charge in [0.25, 0.3) is 5.69 Å². The predicted octanol–water partition coefficient (Wildman–Crippen LogP) is 2.01. The number of non-ortho nitro benzene ring substituents is 1. The van der Waals surface area contributed by atoms with E-state index in [1.54, 1.807) is 20.9 Å². The molecule has 0 amide bonds. The molecule has 1 unspecified atom stereocenters. The number of rotatable bonds is 5. The maximum absolute atomic E-state index is 13.0. The lowest BCUT2D eigenvalue weighted by molar-refractivity contribution is -0.385. The molecule has 130 valence electrons. The van der Waals surface area contributed by atoms with E-state index in [0.717, 1.165) is 12.8 Å². The third kappa shape index (κ3) is 3.82. The first-order valence-electron chi connectivity index (χ1n) is 7.21. The molecule has 1 saturated heterocycles. The van der Waals surface area contributed by atoms with Crippen molar-refractivity contribution in [3.8, 4) is 0 Å². The number of sulfonamides is 1. The summed E-state index contributed by atoms with van der Waals surface area (Å²) in [7, 11) is -1.85. The monoisotopic (exact) mass is 363 g/mol. The Morgan fingerprint density at radius 3 is 2.39 bits per heavy atom. The number of hydrogen-bond acceptors (Lipinski definition) is 5. The smallest absolute Gasteiger partial charge is 0.270 e. The highest BCUT2D eigenvalue weighted by Gasteiger charge is 2.36. The molecule has 2 rings (SSSR count). The van der Waals surface area contributed by atoms with Crippen molar-refractivity contribution < 1.29 is 13.3 Å². The van der Waals surface area contributed by atoms with Gasteiger partial charge in [-0.3, -0.25) is 10.1 Å². The molecule has 1 N–H and O–H groups in total. The van der Waals surface area contributed by atoms with E-state index in [1.165, 1.54) is 16.4 Å². The van der Waals surface area contributed by atoms with E-state index in [2.05, 4.69) is 5.32 Å². The lowest BCUT2D eigenvalue weighted by Crippen LogP contribution is -2.41. The first kappa shape index (κ1) is 19.8. The Hall–Kier alpha value is -1.22. The van der Waals surface area contributed by atoms with Gasteiger partial charge in [0.1, 0.15) is 0 Å². The van der Waals surface area contributed by atoms with Gasteiger partial charge in [0, 0.05) is 31.3 Å². The second-order valence-corrected chi connectivity index (χ2v) is 7.46. The first-order chi connectivity index (χ1) is 10.3. The molecule has 1 aromatic rings.